The van der Waals surface area contributed by atoms with Gasteiger partial charge in [-0.15, -0.1) is 0 Å². The fourth-order valence-corrected chi connectivity index (χ4v) is 7.33. The first-order valence-electron chi connectivity index (χ1n) is 19.0. The standard InChI is InChI=1S/C46H34N6O10S2.2Na/c53-63(54,55)39-27-33(47-45-49-41(59-35-13-5-1-6-14-35)29-42(50-45)60-36-15-7-2-8-16-36)25-23-31(39)21-22-32-24-26-34(28-40(32)64(56,57)58)48-46-51-43(61-37-17-9-3-10-18-37)30-44(52-46)62-38-19-11-4-12-20-38;;/h1-30H,(H,47,49,50)(H,48,51,52)(H,53,54,55)(H,56,57,58);;/q;2*+1/p-2. The first-order valence-corrected chi connectivity index (χ1v) is 21.8. The molecule has 320 valence electrons. The molecule has 0 aliphatic heterocycles. The van der Waals surface area contributed by atoms with Crippen molar-refractivity contribution in [3.8, 4) is 46.5 Å². The molecule has 0 radical (unpaired) electrons. The molecule has 8 rings (SSSR count). The third kappa shape index (κ3) is 13.7. The van der Waals surface area contributed by atoms with Crippen molar-refractivity contribution in [2.24, 2.45) is 0 Å². The molecule has 2 heterocycles. The monoisotopic (exact) mass is 938 g/mol. The van der Waals surface area contributed by atoms with Crippen molar-refractivity contribution >= 4 is 55.7 Å². The zero-order valence-corrected chi connectivity index (χ0v) is 40.6. The number of nitrogens with one attached hydrogen (secondary N) is 2. The third-order valence-corrected chi connectivity index (χ3v) is 10.5. The van der Waals surface area contributed by atoms with Gasteiger partial charge in [0, 0.05) is 11.4 Å². The van der Waals surface area contributed by atoms with Crippen LogP contribution in [0.2, 0.25) is 0 Å². The van der Waals surface area contributed by atoms with Gasteiger partial charge in [0.15, 0.2) is 0 Å². The maximum atomic E-state index is 12.6. The second-order valence-electron chi connectivity index (χ2n) is 13.4. The van der Waals surface area contributed by atoms with Gasteiger partial charge in [0.2, 0.25) is 35.4 Å². The topological polar surface area (TPSA) is 227 Å². The van der Waals surface area contributed by atoms with E-state index in [9.17, 15) is 25.9 Å². The summed E-state index contributed by atoms with van der Waals surface area (Å²) in [5.41, 5.74) is -0.0150. The molecule has 0 fully saturated rings. The number of ether oxygens (including phenoxy) is 4. The van der Waals surface area contributed by atoms with Crippen molar-refractivity contribution in [3.05, 3.63) is 181 Å². The number of hydrogen-bond acceptors (Lipinski definition) is 16. The van der Waals surface area contributed by atoms with Crippen LogP contribution in [0.4, 0.5) is 23.3 Å². The van der Waals surface area contributed by atoms with E-state index < -0.39 is 30.0 Å². The first-order chi connectivity index (χ1) is 30.9. The summed E-state index contributed by atoms with van der Waals surface area (Å²) in [6.07, 6.45) is 2.39. The van der Waals surface area contributed by atoms with Crippen LogP contribution in [0, 0.1) is 0 Å². The Morgan fingerprint density at radius 2 is 0.667 bits per heavy atom. The summed E-state index contributed by atoms with van der Waals surface area (Å²) < 4.78 is 99.3. The molecule has 0 atom stereocenters. The van der Waals surface area contributed by atoms with Gasteiger partial charge in [0.05, 0.1) is 21.9 Å². The molecule has 0 unspecified atom stereocenters. The Balaban J connectivity index is 0.00000360. The van der Waals surface area contributed by atoms with E-state index in [1.165, 1.54) is 48.6 Å². The normalized spacial score (nSPS) is 11.1. The minimum absolute atomic E-state index is 0. The summed E-state index contributed by atoms with van der Waals surface area (Å²) in [5.74, 6) is 2.16. The first kappa shape index (κ1) is 49.3. The Hall–Kier alpha value is -6.16. The number of para-hydroxylation sites is 4. The average molecular weight is 939 g/mol. The Kier molecular flexibility index (Phi) is 16.7. The van der Waals surface area contributed by atoms with Gasteiger partial charge in [-0.05, 0) is 83.9 Å². The predicted octanol–water partition coefficient (Wildman–Crippen LogP) is 3.91. The van der Waals surface area contributed by atoms with Crippen LogP contribution in [0.15, 0.2) is 180 Å². The van der Waals surface area contributed by atoms with E-state index in [1.54, 1.807) is 97.1 Å². The summed E-state index contributed by atoms with van der Waals surface area (Å²) in [7, 11) is -10.3. The second kappa shape index (κ2) is 22.4. The van der Waals surface area contributed by atoms with Crippen LogP contribution in [0.25, 0.3) is 12.2 Å². The molecule has 0 bridgehead atoms. The SMILES string of the molecule is O=S(=O)([O-])c1cc(Nc2nc(Oc3ccccc3)cc(Oc3ccccc3)n2)ccc1C=Cc1ccc(Nc2nc(Oc3ccccc3)cc(Oc3ccccc3)n2)cc1S(=O)(=O)[O-].[Na+].[Na+]. The fraction of sp³-hybridized carbons (Fsp3) is 0. The molecule has 8 aromatic rings. The van der Waals surface area contributed by atoms with E-state index in [0.717, 1.165) is 12.1 Å². The average Bonchev–Trinajstić information content (AvgIpc) is 3.27. The van der Waals surface area contributed by atoms with Gasteiger partial charge in [-0.3, -0.25) is 0 Å². The van der Waals surface area contributed by atoms with Crippen molar-refractivity contribution < 1.29 is 104 Å². The maximum Gasteiger partial charge on any atom is 1.00 e. The van der Waals surface area contributed by atoms with Gasteiger partial charge < -0.3 is 38.7 Å². The number of benzene rings is 6. The largest absolute Gasteiger partial charge is 1.00 e. The fourth-order valence-electron chi connectivity index (χ4n) is 5.94. The molecule has 66 heavy (non-hydrogen) atoms. The number of aromatic nitrogens is 4. The smallest absolute Gasteiger partial charge is 0.744 e. The number of rotatable bonds is 16. The molecule has 0 spiro atoms. The minimum Gasteiger partial charge on any atom is -0.744 e. The van der Waals surface area contributed by atoms with Crippen LogP contribution in [0.5, 0.6) is 46.5 Å². The van der Waals surface area contributed by atoms with E-state index in [1.807, 2.05) is 24.3 Å². The molecule has 0 amide bonds. The molecular formula is C46H32N6Na2O10S2. The van der Waals surface area contributed by atoms with Crippen molar-refractivity contribution in [2.75, 3.05) is 10.6 Å². The number of anilines is 4. The Labute approximate surface area is 423 Å². The van der Waals surface area contributed by atoms with Gasteiger partial charge in [-0.1, -0.05) is 97.1 Å². The molecular weight excluding hydrogens is 907 g/mol. The molecule has 2 aromatic heterocycles. The van der Waals surface area contributed by atoms with Crippen LogP contribution in [-0.2, 0) is 20.2 Å². The molecule has 20 heteroatoms. The maximum absolute atomic E-state index is 12.6. The molecule has 2 N–H and O–H groups in total. The molecule has 0 aliphatic rings. The minimum atomic E-state index is -5.13. The van der Waals surface area contributed by atoms with Gasteiger partial charge in [0.1, 0.15) is 43.2 Å². The zero-order chi connectivity index (χ0) is 44.5. The quantitative estimate of drug-likeness (QED) is 0.0796. The number of nitrogens with zero attached hydrogens (tertiary/aromatic N) is 4. The van der Waals surface area contributed by atoms with Crippen LogP contribution >= 0.6 is 0 Å². The summed E-state index contributed by atoms with van der Waals surface area (Å²) in [5, 5.41) is 5.79. The van der Waals surface area contributed by atoms with Gasteiger partial charge >= 0.3 is 59.1 Å². The van der Waals surface area contributed by atoms with Crippen molar-refractivity contribution in [1.82, 2.24) is 19.9 Å². The van der Waals surface area contributed by atoms with E-state index >= 15 is 0 Å². The van der Waals surface area contributed by atoms with E-state index in [-0.39, 0.29) is 117 Å². The molecule has 0 aliphatic carbocycles. The number of hydrogen-bond donors (Lipinski definition) is 2. The summed E-state index contributed by atoms with van der Waals surface area (Å²) in [6.45, 7) is 0. The summed E-state index contributed by atoms with van der Waals surface area (Å²) >= 11 is 0. The van der Waals surface area contributed by atoms with Crippen LogP contribution in [-0.4, -0.2) is 45.9 Å². The molecule has 0 saturated carbocycles. The molecule has 6 aromatic carbocycles. The second-order valence-corrected chi connectivity index (χ2v) is 16.1. The summed E-state index contributed by atoms with van der Waals surface area (Å²) in [6, 6.07) is 45.9. The van der Waals surface area contributed by atoms with Crippen molar-refractivity contribution in [1.29, 1.82) is 0 Å². The van der Waals surface area contributed by atoms with Crippen LogP contribution in [0.3, 0.4) is 0 Å². The molecule has 16 nitrogen and oxygen atoms in total. The Morgan fingerprint density at radius 3 is 0.924 bits per heavy atom. The summed E-state index contributed by atoms with van der Waals surface area (Å²) in [4.78, 5) is 16.2. The third-order valence-electron chi connectivity index (χ3n) is 8.74. The van der Waals surface area contributed by atoms with Crippen LogP contribution in [0.1, 0.15) is 11.1 Å². The van der Waals surface area contributed by atoms with E-state index in [4.69, 9.17) is 18.9 Å². The van der Waals surface area contributed by atoms with Gasteiger partial charge in [0.25, 0.3) is 0 Å². The van der Waals surface area contributed by atoms with Crippen molar-refractivity contribution in [2.45, 2.75) is 9.79 Å². The van der Waals surface area contributed by atoms with E-state index in [2.05, 4.69) is 30.6 Å². The van der Waals surface area contributed by atoms with Gasteiger partial charge in [-0.25, -0.2) is 16.8 Å². The van der Waals surface area contributed by atoms with Gasteiger partial charge in [-0.2, -0.15) is 19.9 Å². The predicted molar refractivity (Wildman–Crippen MR) is 234 cm³/mol. The zero-order valence-electron chi connectivity index (χ0n) is 35.0. The Bertz CT molecular complexity index is 2850. The Morgan fingerprint density at radius 1 is 0.394 bits per heavy atom. The van der Waals surface area contributed by atoms with Crippen LogP contribution < -0.4 is 88.7 Å². The molecule has 0 saturated heterocycles. The van der Waals surface area contributed by atoms with E-state index in [0.29, 0.717) is 23.0 Å². The van der Waals surface area contributed by atoms with Crippen molar-refractivity contribution in [3.63, 3.8) is 0 Å².